The first-order chi connectivity index (χ1) is 12.3. The van der Waals surface area contributed by atoms with Crippen LogP contribution in [0.15, 0.2) is 0 Å². The van der Waals surface area contributed by atoms with Crippen molar-refractivity contribution in [1.82, 2.24) is 9.47 Å². The fraction of sp³-hybridized carbons (Fsp3) is 0.895. The second-order valence-corrected chi connectivity index (χ2v) is 15.7. The molecule has 5 nitrogen and oxygen atoms in total. The first-order valence-electron chi connectivity index (χ1n) is 9.73. The Morgan fingerprint density at radius 3 is 1.89 bits per heavy atom. The maximum absolute atomic E-state index is 14.1. The fourth-order valence-corrected chi connectivity index (χ4v) is 6.45. The van der Waals surface area contributed by atoms with E-state index in [4.69, 9.17) is 4.74 Å². The average molecular weight is 423 g/mol. The number of ether oxygens (including phenoxy) is 1. The number of halogens is 3. The molecule has 2 saturated heterocycles. The topological polar surface area (TPSA) is 49.9 Å². The molecule has 0 N–H and O–H groups in total. The van der Waals surface area contributed by atoms with E-state index in [1.54, 1.807) is 20.8 Å². The predicted molar refractivity (Wildman–Crippen MR) is 103 cm³/mol. The Bertz CT molecular complexity index is 642. The normalized spacial score (nSPS) is 23.7. The number of hydrogen-bond acceptors (Lipinski definition) is 3. The van der Waals surface area contributed by atoms with Gasteiger partial charge in [-0.15, -0.1) is 0 Å². The first-order valence-corrected chi connectivity index (χ1v) is 12.7. The Morgan fingerprint density at radius 2 is 1.54 bits per heavy atom. The van der Waals surface area contributed by atoms with Gasteiger partial charge in [-0.05, 0) is 38.7 Å². The minimum absolute atomic E-state index is 0.0143. The minimum atomic E-state index is -4.49. The third-order valence-electron chi connectivity index (χ3n) is 6.48. The Labute approximate surface area is 166 Å². The molecule has 1 spiro atoms. The highest BCUT2D eigenvalue weighted by molar-refractivity contribution is 6.80. The Balaban J connectivity index is 2.25. The van der Waals surface area contributed by atoms with Crippen LogP contribution in [0.1, 0.15) is 54.4 Å². The molecule has 2 aliphatic rings. The molecule has 0 aliphatic carbocycles. The smallest absolute Gasteiger partial charge is 0.410 e. The molecule has 2 heterocycles. The van der Waals surface area contributed by atoms with Crippen LogP contribution in [0.3, 0.4) is 0 Å². The van der Waals surface area contributed by atoms with E-state index in [9.17, 15) is 22.8 Å². The maximum atomic E-state index is 14.1. The van der Waals surface area contributed by atoms with Crippen LogP contribution in [0.2, 0.25) is 18.1 Å². The summed E-state index contributed by atoms with van der Waals surface area (Å²) in [4.78, 5) is 26.8. The number of amides is 2. The number of carbonyl (C=O) groups is 2. The van der Waals surface area contributed by atoms with Crippen LogP contribution in [0.25, 0.3) is 0 Å². The van der Waals surface area contributed by atoms with Gasteiger partial charge in [-0.1, -0.05) is 33.9 Å². The van der Waals surface area contributed by atoms with Gasteiger partial charge in [0.25, 0.3) is 0 Å². The summed E-state index contributed by atoms with van der Waals surface area (Å²) in [5, 5.41) is -0.384. The Morgan fingerprint density at radius 1 is 1.07 bits per heavy atom. The predicted octanol–water partition coefficient (Wildman–Crippen LogP) is 4.78. The third kappa shape index (κ3) is 3.78. The second-order valence-electron chi connectivity index (χ2n) is 10.6. The SMILES string of the molecule is CC(C)(C)OC(=O)N1CCC2(CC1)C(=O)N([Si](C)(C)C(C)(C)C)C2C(F)(F)F. The quantitative estimate of drug-likeness (QED) is 0.451. The van der Waals surface area contributed by atoms with Gasteiger partial charge < -0.3 is 14.2 Å². The van der Waals surface area contributed by atoms with Gasteiger partial charge in [-0.2, -0.15) is 13.2 Å². The van der Waals surface area contributed by atoms with E-state index < -0.39 is 43.5 Å². The van der Waals surface area contributed by atoms with Gasteiger partial charge in [0.1, 0.15) is 11.6 Å². The van der Waals surface area contributed by atoms with Gasteiger partial charge in [0.2, 0.25) is 5.91 Å². The zero-order valence-corrected chi connectivity index (χ0v) is 19.2. The summed E-state index contributed by atoms with van der Waals surface area (Å²) in [5.41, 5.74) is -2.13. The van der Waals surface area contributed by atoms with Crippen molar-refractivity contribution in [3.8, 4) is 0 Å². The number of carbonyl (C=O) groups excluding carboxylic acids is 2. The highest BCUT2D eigenvalue weighted by Gasteiger charge is 2.73. The molecule has 0 aromatic heterocycles. The van der Waals surface area contributed by atoms with E-state index in [2.05, 4.69) is 0 Å². The van der Waals surface area contributed by atoms with Crippen molar-refractivity contribution >= 4 is 20.2 Å². The van der Waals surface area contributed by atoms with Gasteiger partial charge in [-0.25, -0.2) is 4.79 Å². The summed E-state index contributed by atoms with van der Waals surface area (Å²) in [7, 11) is -2.68. The number of β-lactam (4-membered cyclic amide) rings is 1. The van der Waals surface area contributed by atoms with Gasteiger partial charge in [0.05, 0.1) is 5.41 Å². The molecular weight excluding hydrogens is 389 g/mol. The van der Waals surface area contributed by atoms with Crippen LogP contribution in [-0.4, -0.2) is 60.6 Å². The lowest BCUT2D eigenvalue weighted by Crippen LogP contribution is -2.82. The van der Waals surface area contributed by atoms with E-state index in [1.165, 1.54) is 4.90 Å². The van der Waals surface area contributed by atoms with Crippen molar-refractivity contribution in [2.24, 2.45) is 5.41 Å². The largest absolute Gasteiger partial charge is 0.444 e. The molecule has 1 atom stereocenters. The molecule has 162 valence electrons. The van der Waals surface area contributed by atoms with Crippen molar-refractivity contribution in [2.45, 2.75) is 90.3 Å². The van der Waals surface area contributed by atoms with Crippen LogP contribution < -0.4 is 0 Å². The third-order valence-corrected chi connectivity index (χ3v) is 11.8. The molecule has 0 aromatic rings. The molecule has 2 amide bonds. The number of hydrogen-bond donors (Lipinski definition) is 0. The molecular formula is C19H33F3N2O3Si. The molecule has 28 heavy (non-hydrogen) atoms. The number of nitrogens with zero attached hydrogens (tertiary/aromatic N) is 2. The summed E-state index contributed by atoms with van der Waals surface area (Å²) in [6.45, 7) is 14.8. The van der Waals surface area contributed by atoms with Crippen molar-refractivity contribution < 1.29 is 27.5 Å². The van der Waals surface area contributed by atoms with Gasteiger partial charge in [0.15, 0.2) is 8.24 Å². The highest BCUT2D eigenvalue weighted by Crippen LogP contribution is 2.58. The molecule has 1 unspecified atom stereocenters. The summed E-state index contributed by atoms with van der Waals surface area (Å²) in [6.07, 6.45) is -5.00. The van der Waals surface area contributed by atoms with Crippen molar-refractivity contribution in [1.29, 1.82) is 0 Å². The van der Waals surface area contributed by atoms with Crippen LogP contribution in [0, 0.1) is 5.41 Å². The molecule has 2 aliphatic heterocycles. The Hall–Kier alpha value is -1.25. The van der Waals surface area contributed by atoms with Crippen molar-refractivity contribution in [2.75, 3.05) is 13.1 Å². The Kier molecular flexibility index (Phi) is 5.46. The van der Waals surface area contributed by atoms with Crippen molar-refractivity contribution in [3.63, 3.8) is 0 Å². The fourth-order valence-electron chi connectivity index (χ4n) is 3.95. The number of piperidine rings is 1. The lowest BCUT2D eigenvalue weighted by Gasteiger charge is -2.65. The van der Waals surface area contributed by atoms with Crippen molar-refractivity contribution in [3.05, 3.63) is 0 Å². The van der Waals surface area contributed by atoms with Gasteiger partial charge in [0, 0.05) is 13.1 Å². The zero-order chi connectivity index (χ0) is 21.9. The van der Waals surface area contributed by atoms with Gasteiger partial charge >= 0.3 is 12.3 Å². The average Bonchev–Trinajstić information content (AvgIpc) is 2.47. The monoisotopic (exact) mass is 422 g/mol. The summed E-state index contributed by atoms with van der Waals surface area (Å²) in [5.74, 6) is -0.398. The van der Waals surface area contributed by atoms with E-state index in [1.807, 2.05) is 33.9 Å². The van der Waals surface area contributed by atoms with Crippen LogP contribution in [0.5, 0.6) is 0 Å². The molecule has 0 aromatic carbocycles. The standard InChI is InChI=1S/C19H33F3N2O3Si/c1-16(2,3)27-15(26)23-11-9-18(10-12-23)13(19(20,21)22)24(14(18)25)28(7,8)17(4,5)6/h13H,9-12H2,1-8H3. The number of rotatable bonds is 1. The molecule has 0 radical (unpaired) electrons. The summed E-state index contributed by atoms with van der Waals surface area (Å²) in [6, 6.07) is -1.77. The van der Waals surface area contributed by atoms with E-state index >= 15 is 0 Å². The number of alkyl halides is 3. The maximum Gasteiger partial charge on any atom is 0.410 e. The first kappa shape index (κ1) is 23.0. The molecule has 0 bridgehead atoms. The molecule has 9 heteroatoms. The van der Waals surface area contributed by atoms with Crippen LogP contribution in [-0.2, 0) is 9.53 Å². The summed E-state index contributed by atoms with van der Waals surface area (Å²) >= 11 is 0. The summed E-state index contributed by atoms with van der Waals surface area (Å²) < 4.78 is 48.7. The molecule has 2 rings (SSSR count). The number of likely N-dealkylation sites (tertiary alicyclic amines) is 1. The second kappa shape index (κ2) is 6.64. The zero-order valence-electron chi connectivity index (χ0n) is 18.2. The highest BCUT2D eigenvalue weighted by atomic mass is 28.3. The molecule has 2 fully saturated rings. The van der Waals surface area contributed by atoms with E-state index in [0.717, 1.165) is 4.57 Å². The lowest BCUT2D eigenvalue weighted by atomic mass is 9.65. The van der Waals surface area contributed by atoms with Gasteiger partial charge in [-0.3, -0.25) is 4.79 Å². The minimum Gasteiger partial charge on any atom is -0.444 e. The van der Waals surface area contributed by atoms with E-state index in [-0.39, 0.29) is 31.0 Å². The molecule has 0 saturated carbocycles. The van der Waals surface area contributed by atoms with E-state index in [0.29, 0.717) is 0 Å². The van der Waals surface area contributed by atoms with Crippen LogP contribution >= 0.6 is 0 Å². The lowest BCUT2D eigenvalue weighted by molar-refractivity contribution is -0.245. The van der Waals surface area contributed by atoms with Crippen LogP contribution in [0.4, 0.5) is 18.0 Å².